The Morgan fingerprint density at radius 2 is 2.13 bits per heavy atom. The average Bonchev–Trinajstić information content (AvgIpc) is 2.96. The van der Waals surface area contributed by atoms with E-state index in [1.165, 1.54) is 0 Å². The van der Waals surface area contributed by atoms with Gasteiger partial charge in [-0.25, -0.2) is 0 Å². The number of anilines is 2. The van der Waals surface area contributed by atoms with Gasteiger partial charge in [0.05, 0.1) is 18.2 Å². The molecule has 0 amide bonds. The fourth-order valence-electron chi connectivity index (χ4n) is 3.04. The van der Waals surface area contributed by atoms with Crippen molar-refractivity contribution in [2.75, 3.05) is 18.5 Å². The van der Waals surface area contributed by atoms with E-state index in [-0.39, 0.29) is 11.6 Å². The zero-order valence-electron chi connectivity index (χ0n) is 12.7. The maximum Gasteiger partial charge on any atom is 0.261 e. The smallest absolute Gasteiger partial charge is 0.261 e. The van der Waals surface area contributed by atoms with Crippen molar-refractivity contribution in [1.82, 2.24) is 14.8 Å². The molecule has 1 aromatic carbocycles. The number of para-hydroxylation sites is 1. The van der Waals surface area contributed by atoms with Gasteiger partial charge in [-0.3, -0.25) is 9.48 Å². The Bertz CT molecular complexity index is 863. The number of ether oxygens (including phenoxy) is 1. The maximum absolute atomic E-state index is 12.3. The molecule has 0 aliphatic carbocycles. The van der Waals surface area contributed by atoms with Crippen LogP contribution >= 0.6 is 0 Å². The summed E-state index contributed by atoms with van der Waals surface area (Å²) in [6.07, 6.45) is 3.68. The second-order valence-electron chi connectivity index (χ2n) is 5.72. The fraction of sp³-hybridized carbons (Fsp3) is 0.294. The molecule has 1 atom stereocenters. The van der Waals surface area contributed by atoms with E-state index in [2.05, 4.69) is 15.4 Å². The summed E-state index contributed by atoms with van der Waals surface area (Å²) < 4.78 is 7.50. The Labute approximate surface area is 133 Å². The molecule has 23 heavy (non-hydrogen) atoms. The van der Waals surface area contributed by atoms with Crippen LogP contribution in [-0.4, -0.2) is 28.0 Å². The molecule has 3 aromatic rings. The predicted octanol–water partition coefficient (Wildman–Crippen LogP) is 2.82. The van der Waals surface area contributed by atoms with Crippen molar-refractivity contribution in [3.05, 3.63) is 52.9 Å². The van der Waals surface area contributed by atoms with Crippen LogP contribution in [0, 0.1) is 0 Å². The van der Waals surface area contributed by atoms with E-state index in [1.54, 1.807) is 6.20 Å². The lowest BCUT2D eigenvalue weighted by atomic mass is 10.1. The van der Waals surface area contributed by atoms with Crippen LogP contribution in [0.3, 0.4) is 0 Å². The topological polar surface area (TPSA) is 71.9 Å². The van der Waals surface area contributed by atoms with Gasteiger partial charge in [0.25, 0.3) is 5.56 Å². The van der Waals surface area contributed by atoms with Crippen LogP contribution in [0.25, 0.3) is 10.9 Å². The highest BCUT2D eigenvalue weighted by Gasteiger charge is 2.22. The van der Waals surface area contributed by atoms with E-state index >= 15 is 0 Å². The lowest BCUT2D eigenvalue weighted by Gasteiger charge is -2.23. The molecule has 0 saturated carbocycles. The number of H-pyrrole nitrogens is 1. The number of benzene rings is 1. The number of aromatic nitrogens is 3. The van der Waals surface area contributed by atoms with Crippen molar-refractivity contribution >= 4 is 22.4 Å². The minimum Gasteiger partial charge on any atom is -0.379 e. The van der Waals surface area contributed by atoms with Crippen LogP contribution in [0.15, 0.2) is 47.4 Å². The molecule has 1 fully saturated rings. The van der Waals surface area contributed by atoms with Gasteiger partial charge in [0.15, 0.2) is 5.82 Å². The molecule has 0 radical (unpaired) electrons. The second kappa shape index (κ2) is 5.89. The third kappa shape index (κ3) is 2.61. The minimum absolute atomic E-state index is 0.135. The molecule has 1 aliphatic heterocycles. The molecule has 6 heteroatoms. The number of hydrogen-bond donors (Lipinski definition) is 2. The molecule has 0 bridgehead atoms. The molecular weight excluding hydrogens is 292 g/mol. The SMILES string of the molecule is O=c1[nH]ccc2c1c(Nc1ccccc1)nn2C1CCCOC1. The molecule has 118 valence electrons. The number of hydrogen-bond acceptors (Lipinski definition) is 4. The molecule has 2 N–H and O–H groups in total. The normalized spacial score (nSPS) is 18.2. The van der Waals surface area contributed by atoms with Crippen LogP contribution in [-0.2, 0) is 4.74 Å². The van der Waals surface area contributed by atoms with Crippen LogP contribution < -0.4 is 10.9 Å². The highest BCUT2D eigenvalue weighted by atomic mass is 16.5. The number of nitrogens with one attached hydrogen (secondary N) is 2. The van der Waals surface area contributed by atoms with Crippen molar-refractivity contribution in [1.29, 1.82) is 0 Å². The summed E-state index contributed by atoms with van der Waals surface area (Å²) >= 11 is 0. The van der Waals surface area contributed by atoms with E-state index in [0.717, 1.165) is 30.7 Å². The Kier molecular flexibility index (Phi) is 3.59. The van der Waals surface area contributed by atoms with Crippen molar-refractivity contribution in [3.8, 4) is 0 Å². The van der Waals surface area contributed by atoms with Gasteiger partial charge in [-0.15, -0.1) is 0 Å². The monoisotopic (exact) mass is 310 g/mol. The summed E-state index contributed by atoms with van der Waals surface area (Å²) in [6, 6.07) is 11.8. The van der Waals surface area contributed by atoms with E-state index in [0.29, 0.717) is 17.8 Å². The quantitative estimate of drug-likeness (QED) is 0.780. The van der Waals surface area contributed by atoms with Gasteiger partial charge in [-0.2, -0.15) is 5.10 Å². The van der Waals surface area contributed by atoms with Crippen molar-refractivity contribution in [2.45, 2.75) is 18.9 Å². The summed E-state index contributed by atoms with van der Waals surface area (Å²) in [7, 11) is 0. The maximum atomic E-state index is 12.3. The second-order valence-corrected chi connectivity index (χ2v) is 5.72. The summed E-state index contributed by atoms with van der Waals surface area (Å²) in [5.41, 5.74) is 1.61. The number of pyridine rings is 1. The van der Waals surface area contributed by atoms with Crippen molar-refractivity contribution in [3.63, 3.8) is 0 Å². The first-order chi connectivity index (χ1) is 11.3. The van der Waals surface area contributed by atoms with Gasteiger partial charge in [0.2, 0.25) is 0 Å². The Morgan fingerprint density at radius 1 is 1.26 bits per heavy atom. The summed E-state index contributed by atoms with van der Waals surface area (Å²) in [4.78, 5) is 15.0. The molecule has 3 heterocycles. The summed E-state index contributed by atoms with van der Waals surface area (Å²) in [5, 5.41) is 8.51. The van der Waals surface area contributed by atoms with Crippen LogP contribution in [0.4, 0.5) is 11.5 Å². The minimum atomic E-state index is -0.135. The lowest BCUT2D eigenvalue weighted by molar-refractivity contribution is 0.0566. The van der Waals surface area contributed by atoms with Crippen LogP contribution in [0.1, 0.15) is 18.9 Å². The highest BCUT2D eigenvalue weighted by molar-refractivity contribution is 5.91. The van der Waals surface area contributed by atoms with Gasteiger partial charge in [-0.05, 0) is 31.0 Å². The number of fused-ring (bicyclic) bond motifs is 1. The first kappa shape index (κ1) is 14.0. The zero-order chi connectivity index (χ0) is 15.6. The lowest BCUT2D eigenvalue weighted by Crippen LogP contribution is -2.22. The van der Waals surface area contributed by atoms with Gasteiger partial charge < -0.3 is 15.0 Å². The van der Waals surface area contributed by atoms with Gasteiger partial charge in [0, 0.05) is 18.5 Å². The van der Waals surface area contributed by atoms with E-state index in [1.807, 2.05) is 41.1 Å². The Balaban J connectivity index is 1.82. The third-order valence-electron chi connectivity index (χ3n) is 4.15. The van der Waals surface area contributed by atoms with Crippen molar-refractivity contribution in [2.24, 2.45) is 0 Å². The van der Waals surface area contributed by atoms with Gasteiger partial charge in [0.1, 0.15) is 5.39 Å². The number of aromatic amines is 1. The fourth-order valence-corrected chi connectivity index (χ4v) is 3.04. The van der Waals surface area contributed by atoms with Gasteiger partial charge in [-0.1, -0.05) is 18.2 Å². The zero-order valence-corrected chi connectivity index (χ0v) is 12.7. The Morgan fingerprint density at radius 3 is 2.91 bits per heavy atom. The molecule has 6 nitrogen and oxygen atoms in total. The van der Waals surface area contributed by atoms with Crippen molar-refractivity contribution < 1.29 is 4.74 Å². The largest absolute Gasteiger partial charge is 0.379 e. The van der Waals surface area contributed by atoms with Crippen LogP contribution in [0.5, 0.6) is 0 Å². The molecule has 1 aliphatic rings. The highest BCUT2D eigenvalue weighted by Crippen LogP contribution is 2.28. The molecule has 4 rings (SSSR count). The molecule has 2 aromatic heterocycles. The van der Waals surface area contributed by atoms with Crippen LogP contribution in [0.2, 0.25) is 0 Å². The number of rotatable bonds is 3. The Hall–Kier alpha value is -2.60. The molecule has 0 spiro atoms. The number of nitrogens with zero attached hydrogens (tertiary/aromatic N) is 2. The third-order valence-corrected chi connectivity index (χ3v) is 4.15. The first-order valence-electron chi connectivity index (χ1n) is 7.82. The first-order valence-corrected chi connectivity index (χ1v) is 7.82. The van der Waals surface area contributed by atoms with Gasteiger partial charge >= 0.3 is 0 Å². The summed E-state index contributed by atoms with van der Waals surface area (Å²) in [5.74, 6) is 0.582. The predicted molar refractivity (Wildman–Crippen MR) is 89.2 cm³/mol. The molecular formula is C17H18N4O2. The van der Waals surface area contributed by atoms with E-state index in [9.17, 15) is 4.79 Å². The average molecular weight is 310 g/mol. The molecule has 1 saturated heterocycles. The summed E-state index contributed by atoms with van der Waals surface area (Å²) in [6.45, 7) is 1.43. The standard InChI is InChI=1S/C17H18N4O2/c22-17-15-14(8-9-18-17)21(13-7-4-10-23-11-13)20-16(15)19-12-5-2-1-3-6-12/h1-3,5-6,8-9,13H,4,7,10-11H2,(H,18,22)(H,19,20). The van der Waals surface area contributed by atoms with E-state index in [4.69, 9.17) is 4.74 Å². The molecule has 1 unspecified atom stereocenters. The van der Waals surface area contributed by atoms with E-state index < -0.39 is 0 Å².